The number of amides is 2. The molecule has 3 heterocycles. The number of carbonyl (C=O) groups is 2. The molecule has 2 amide bonds. The summed E-state index contributed by atoms with van der Waals surface area (Å²) >= 11 is 1.47. The number of piperidine rings is 1. The van der Waals surface area contributed by atoms with Crippen LogP contribution in [0.2, 0.25) is 0 Å². The molecule has 154 valence electrons. The van der Waals surface area contributed by atoms with Crippen LogP contribution in [0.4, 0.5) is 5.00 Å². The topological polar surface area (TPSA) is 82.5 Å². The molecule has 1 unspecified atom stereocenters. The Bertz CT molecular complexity index is 912. The van der Waals surface area contributed by atoms with Crippen molar-refractivity contribution in [3.63, 3.8) is 0 Å². The highest BCUT2D eigenvalue weighted by atomic mass is 32.1. The number of aliphatic hydroxyl groups excluding tert-OH is 1. The summed E-state index contributed by atoms with van der Waals surface area (Å²) in [6, 6.07) is 3.58. The molecule has 2 aromatic heterocycles. The van der Waals surface area contributed by atoms with Crippen LogP contribution in [-0.4, -0.2) is 45.5 Å². The van der Waals surface area contributed by atoms with Gasteiger partial charge in [0, 0.05) is 36.3 Å². The van der Waals surface area contributed by atoms with Crippen LogP contribution in [-0.2, 0) is 12.8 Å². The highest BCUT2D eigenvalue weighted by Gasteiger charge is 2.34. The van der Waals surface area contributed by atoms with Crippen LogP contribution in [0.25, 0.3) is 0 Å². The summed E-state index contributed by atoms with van der Waals surface area (Å²) in [5.74, 6) is 0.307. The number of likely N-dealkylation sites (tertiary alicyclic amines) is 1. The molecule has 4 rings (SSSR count). The van der Waals surface area contributed by atoms with Gasteiger partial charge in [-0.15, -0.1) is 11.3 Å². The summed E-state index contributed by atoms with van der Waals surface area (Å²) in [6.45, 7) is 5.04. The standard InChI is InChI=1S/C22H27N3O3S/c1-13-7-9-25(14(2)10-13)22(28)19-17-11-16(26)5-6-18(17)29-21(19)24-20(27)15-4-3-8-23-12-15/h3-4,8,12-14,16,26H,5-7,9-11H2,1-2H3,(H,24,27)/t13-,14-,16?/m1/s1. The van der Waals surface area contributed by atoms with Crippen molar-refractivity contribution in [2.75, 3.05) is 11.9 Å². The van der Waals surface area contributed by atoms with E-state index in [1.807, 2.05) is 4.90 Å². The molecule has 0 spiro atoms. The number of anilines is 1. The smallest absolute Gasteiger partial charge is 0.257 e. The molecule has 0 bridgehead atoms. The van der Waals surface area contributed by atoms with Crippen molar-refractivity contribution in [2.24, 2.45) is 5.92 Å². The number of nitrogens with zero attached hydrogens (tertiary/aromatic N) is 2. The lowest BCUT2D eigenvalue weighted by Gasteiger charge is -2.37. The molecular weight excluding hydrogens is 386 g/mol. The van der Waals surface area contributed by atoms with E-state index >= 15 is 0 Å². The zero-order valence-electron chi connectivity index (χ0n) is 16.9. The molecule has 0 saturated carbocycles. The van der Waals surface area contributed by atoms with Gasteiger partial charge < -0.3 is 15.3 Å². The zero-order chi connectivity index (χ0) is 20.5. The summed E-state index contributed by atoms with van der Waals surface area (Å²) < 4.78 is 0. The van der Waals surface area contributed by atoms with Crippen LogP contribution in [0, 0.1) is 5.92 Å². The zero-order valence-corrected chi connectivity index (χ0v) is 17.7. The number of rotatable bonds is 3. The van der Waals surface area contributed by atoms with Crippen molar-refractivity contribution in [1.29, 1.82) is 0 Å². The fourth-order valence-corrected chi connectivity index (χ4v) is 5.64. The molecule has 29 heavy (non-hydrogen) atoms. The Balaban J connectivity index is 1.68. The minimum absolute atomic E-state index is 0.0301. The highest BCUT2D eigenvalue weighted by Crippen LogP contribution is 2.40. The predicted octanol–water partition coefficient (Wildman–Crippen LogP) is 3.51. The maximum absolute atomic E-state index is 13.6. The molecule has 1 saturated heterocycles. The Hall–Kier alpha value is -2.25. The van der Waals surface area contributed by atoms with Crippen molar-refractivity contribution in [3.8, 4) is 0 Å². The Labute approximate surface area is 175 Å². The van der Waals surface area contributed by atoms with Crippen molar-refractivity contribution in [2.45, 2.75) is 58.1 Å². The number of hydrogen-bond donors (Lipinski definition) is 2. The Morgan fingerprint density at radius 3 is 2.86 bits per heavy atom. The monoisotopic (exact) mass is 413 g/mol. The van der Waals surface area contributed by atoms with E-state index in [1.165, 1.54) is 17.5 Å². The first-order valence-corrected chi connectivity index (χ1v) is 11.1. The molecule has 7 heteroatoms. The third-order valence-electron chi connectivity index (χ3n) is 6.00. The second-order valence-corrected chi connectivity index (χ2v) is 9.38. The average molecular weight is 414 g/mol. The van der Waals surface area contributed by atoms with E-state index in [2.05, 4.69) is 24.1 Å². The van der Waals surface area contributed by atoms with Gasteiger partial charge >= 0.3 is 0 Å². The van der Waals surface area contributed by atoms with Crippen LogP contribution < -0.4 is 5.32 Å². The number of aliphatic hydroxyl groups is 1. The minimum atomic E-state index is -0.440. The van der Waals surface area contributed by atoms with E-state index in [4.69, 9.17) is 0 Å². The van der Waals surface area contributed by atoms with Gasteiger partial charge in [0.1, 0.15) is 5.00 Å². The van der Waals surface area contributed by atoms with Crippen molar-refractivity contribution >= 4 is 28.2 Å². The molecule has 3 atom stereocenters. The summed E-state index contributed by atoms with van der Waals surface area (Å²) in [7, 11) is 0. The van der Waals surface area contributed by atoms with Gasteiger partial charge in [-0.1, -0.05) is 6.92 Å². The third kappa shape index (κ3) is 4.07. The van der Waals surface area contributed by atoms with Gasteiger partial charge in [0.05, 0.1) is 17.2 Å². The number of aryl methyl sites for hydroxylation is 1. The fraction of sp³-hybridized carbons (Fsp3) is 0.500. The van der Waals surface area contributed by atoms with Crippen LogP contribution in [0.1, 0.15) is 64.3 Å². The molecule has 1 aliphatic heterocycles. The molecule has 2 aromatic rings. The van der Waals surface area contributed by atoms with Crippen LogP contribution in [0.15, 0.2) is 24.5 Å². The predicted molar refractivity (Wildman–Crippen MR) is 113 cm³/mol. The number of thiophene rings is 1. The van der Waals surface area contributed by atoms with Crippen LogP contribution >= 0.6 is 11.3 Å². The molecule has 6 nitrogen and oxygen atoms in total. The maximum atomic E-state index is 13.6. The fourth-order valence-electron chi connectivity index (χ4n) is 4.40. The van der Waals surface area contributed by atoms with Crippen molar-refractivity contribution in [3.05, 3.63) is 46.1 Å². The van der Waals surface area contributed by atoms with E-state index < -0.39 is 6.10 Å². The maximum Gasteiger partial charge on any atom is 0.257 e. The Morgan fingerprint density at radius 1 is 1.31 bits per heavy atom. The van der Waals surface area contributed by atoms with Crippen molar-refractivity contribution in [1.82, 2.24) is 9.88 Å². The van der Waals surface area contributed by atoms with Gasteiger partial charge in [0.15, 0.2) is 0 Å². The molecule has 1 aliphatic carbocycles. The number of aromatic nitrogens is 1. The van der Waals surface area contributed by atoms with Gasteiger partial charge in [0.25, 0.3) is 11.8 Å². The number of fused-ring (bicyclic) bond motifs is 1. The number of carbonyl (C=O) groups excluding carboxylic acids is 2. The largest absolute Gasteiger partial charge is 0.393 e. The SMILES string of the molecule is C[C@@H]1CCN(C(=O)c2c(NC(=O)c3cccnc3)sc3c2CC(O)CC3)[C@H](C)C1. The lowest BCUT2D eigenvalue weighted by molar-refractivity contribution is 0.0587. The molecular formula is C22H27N3O3S. The Kier molecular flexibility index (Phi) is 5.69. The Morgan fingerprint density at radius 2 is 2.14 bits per heavy atom. The molecule has 2 N–H and O–H groups in total. The quantitative estimate of drug-likeness (QED) is 0.807. The van der Waals surface area contributed by atoms with E-state index in [-0.39, 0.29) is 17.9 Å². The van der Waals surface area contributed by atoms with Crippen molar-refractivity contribution < 1.29 is 14.7 Å². The lowest BCUT2D eigenvalue weighted by atomic mass is 9.90. The highest BCUT2D eigenvalue weighted by molar-refractivity contribution is 7.17. The number of hydrogen-bond acceptors (Lipinski definition) is 5. The van der Waals surface area contributed by atoms with Gasteiger partial charge in [-0.3, -0.25) is 14.6 Å². The van der Waals surface area contributed by atoms with E-state index in [1.54, 1.807) is 18.3 Å². The van der Waals surface area contributed by atoms with Gasteiger partial charge in [0.2, 0.25) is 0 Å². The van der Waals surface area contributed by atoms with Crippen LogP contribution in [0.3, 0.4) is 0 Å². The number of pyridine rings is 1. The first-order valence-electron chi connectivity index (χ1n) is 10.3. The minimum Gasteiger partial charge on any atom is -0.393 e. The molecule has 2 aliphatic rings. The van der Waals surface area contributed by atoms with Gasteiger partial charge in [-0.05, 0) is 56.2 Å². The summed E-state index contributed by atoms with van der Waals surface area (Å²) in [5.41, 5.74) is 1.94. The third-order valence-corrected chi connectivity index (χ3v) is 7.21. The first-order chi connectivity index (χ1) is 13.9. The number of nitrogens with one attached hydrogen (secondary N) is 1. The second kappa shape index (κ2) is 8.24. The molecule has 1 fully saturated rings. The summed E-state index contributed by atoms with van der Waals surface area (Å²) in [6.07, 6.45) is 6.56. The normalized spacial score (nSPS) is 24.1. The summed E-state index contributed by atoms with van der Waals surface area (Å²) in [5, 5.41) is 13.8. The lowest BCUT2D eigenvalue weighted by Crippen LogP contribution is -2.44. The first kappa shape index (κ1) is 20.0. The summed E-state index contributed by atoms with van der Waals surface area (Å²) in [4.78, 5) is 33.3. The van der Waals surface area contributed by atoms with Gasteiger partial charge in [-0.2, -0.15) is 0 Å². The molecule has 0 radical (unpaired) electrons. The van der Waals surface area contributed by atoms with E-state index in [0.29, 0.717) is 34.9 Å². The second-order valence-electron chi connectivity index (χ2n) is 8.28. The molecule has 0 aromatic carbocycles. The van der Waals surface area contributed by atoms with Crippen LogP contribution in [0.5, 0.6) is 0 Å². The average Bonchev–Trinajstić information content (AvgIpc) is 3.05. The van der Waals surface area contributed by atoms with E-state index in [0.717, 1.165) is 36.2 Å². The van der Waals surface area contributed by atoms with Gasteiger partial charge in [-0.25, -0.2) is 0 Å². The van der Waals surface area contributed by atoms with E-state index in [9.17, 15) is 14.7 Å².